The van der Waals surface area contributed by atoms with Gasteiger partial charge in [-0.25, -0.2) is 4.68 Å². The van der Waals surface area contributed by atoms with Crippen molar-refractivity contribution < 1.29 is 18.0 Å². The number of hydrogen-bond acceptors (Lipinski definition) is 3. The van der Waals surface area contributed by atoms with E-state index in [1.54, 1.807) is 17.4 Å². The second-order valence-electron chi connectivity index (χ2n) is 5.78. The summed E-state index contributed by atoms with van der Waals surface area (Å²) in [6.07, 6.45) is -3.81. The topological polar surface area (TPSA) is 59.8 Å². The van der Waals surface area contributed by atoms with E-state index in [1.165, 1.54) is 4.68 Å². The van der Waals surface area contributed by atoms with Gasteiger partial charge in [-0.2, -0.15) is 18.2 Å². The maximum absolute atomic E-state index is 12.4. The Morgan fingerprint density at radius 2 is 2.08 bits per heavy atom. The lowest BCUT2D eigenvalue weighted by Crippen LogP contribution is -2.30. The number of fused-ring (bicyclic) bond motifs is 1. The van der Waals surface area contributed by atoms with Crippen LogP contribution in [0.25, 0.3) is 0 Å². The summed E-state index contributed by atoms with van der Waals surface area (Å²) < 4.78 is 38.6. The minimum absolute atomic E-state index is 0.0217. The summed E-state index contributed by atoms with van der Waals surface area (Å²) >= 11 is 12.3. The van der Waals surface area contributed by atoms with Gasteiger partial charge in [0.1, 0.15) is 5.82 Å². The number of anilines is 1. The van der Waals surface area contributed by atoms with Crippen molar-refractivity contribution in [2.24, 2.45) is 0 Å². The minimum atomic E-state index is -4.99. The SMILES string of the molecule is CC1C(c2cccc(Cl)c2Cl)CCc2nc(NC(=O)C(F)(F)F)nn21. The van der Waals surface area contributed by atoms with Crippen molar-refractivity contribution in [3.8, 4) is 0 Å². The zero-order chi connectivity index (χ0) is 18.4. The lowest BCUT2D eigenvalue weighted by Gasteiger charge is -2.30. The molecule has 1 aliphatic rings. The average molecular weight is 393 g/mol. The van der Waals surface area contributed by atoms with Gasteiger partial charge in [0.15, 0.2) is 0 Å². The number of amides is 1. The quantitative estimate of drug-likeness (QED) is 0.824. The molecule has 2 heterocycles. The summed E-state index contributed by atoms with van der Waals surface area (Å²) in [5.74, 6) is -1.97. The van der Waals surface area contributed by atoms with E-state index in [0.717, 1.165) is 5.56 Å². The summed E-state index contributed by atoms with van der Waals surface area (Å²) in [7, 11) is 0. The molecular weight excluding hydrogens is 380 g/mol. The Balaban J connectivity index is 1.87. The molecule has 25 heavy (non-hydrogen) atoms. The molecule has 1 N–H and O–H groups in total. The molecule has 0 fully saturated rings. The Morgan fingerprint density at radius 1 is 1.36 bits per heavy atom. The number of nitrogens with one attached hydrogen (secondary N) is 1. The van der Waals surface area contributed by atoms with Gasteiger partial charge in [-0.3, -0.25) is 10.1 Å². The van der Waals surface area contributed by atoms with Crippen molar-refractivity contribution in [2.45, 2.75) is 37.9 Å². The third-order valence-corrected chi connectivity index (χ3v) is 5.05. The molecule has 2 aromatic rings. The fourth-order valence-corrected chi connectivity index (χ4v) is 3.44. The molecule has 1 amide bonds. The number of alkyl halides is 3. The summed E-state index contributed by atoms with van der Waals surface area (Å²) in [5, 5.41) is 6.58. The van der Waals surface area contributed by atoms with Crippen LogP contribution in [0.2, 0.25) is 10.0 Å². The predicted octanol–water partition coefficient (Wildman–Crippen LogP) is 4.38. The Morgan fingerprint density at radius 3 is 2.76 bits per heavy atom. The van der Waals surface area contributed by atoms with Crippen molar-refractivity contribution in [1.82, 2.24) is 14.8 Å². The van der Waals surface area contributed by atoms with E-state index < -0.39 is 12.1 Å². The molecule has 0 spiro atoms. The third-order valence-electron chi connectivity index (χ3n) is 4.21. The summed E-state index contributed by atoms with van der Waals surface area (Å²) in [5.41, 5.74) is 0.851. The standard InChI is InChI=1S/C15H13Cl2F3N4O/c1-7-8(9-3-2-4-10(16)12(9)17)5-6-11-21-14(23-24(7)11)22-13(25)15(18,19)20/h2-4,7-8H,5-6H2,1H3,(H,22,23,25). The van der Waals surface area contributed by atoms with Crippen LogP contribution in [0.5, 0.6) is 0 Å². The van der Waals surface area contributed by atoms with Gasteiger partial charge in [-0.1, -0.05) is 35.3 Å². The number of aryl methyl sites for hydroxylation is 1. The number of carbonyl (C=O) groups excluding carboxylic acids is 1. The van der Waals surface area contributed by atoms with E-state index in [4.69, 9.17) is 23.2 Å². The highest BCUT2D eigenvalue weighted by molar-refractivity contribution is 6.42. The summed E-state index contributed by atoms with van der Waals surface area (Å²) in [4.78, 5) is 15.0. The number of halogens is 5. The summed E-state index contributed by atoms with van der Waals surface area (Å²) in [6, 6.07) is 5.14. The van der Waals surface area contributed by atoms with E-state index in [9.17, 15) is 18.0 Å². The van der Waals surface area contributed by atoms with Crippen LogP contribution in [0.3, 0.4) is 0 Å². The smallest absolute Gasteiger partial charge is 0.285 e. The fourth-order valence-electron chi connectivity index (χ4n) is 3.00. The van der Waals surface area contributed by atoms with Gasteiger partial charge in [0.2, 0.25) is 5.95 Å². The second kappa shape index (κ2) is 6.49. The van der Waals surface area contributed by atoms with Crippen LogP contribution in [0.15, 0.2) is 18.2 Å². The highest BCUT2D eigenvalue weighted by Crippen LogP contribution is 2.41. The Labute approximate surface area is 151 Å². The molecular formula is C15H13Cl2F3N4O. The normalized spacial score (nSPS) is 20.2. The maximum atomic E-state index is 12.4. The van der Waals surface area contributed by atoms with Crippen LogP contribution in [0, 0.1) is 0 Å². The monoisotopic (exact) mass is 392 g/mol. The van der Waals surface area contributed by atoms with Gasteiger partial charge in [0, 0.05) is 12.3 Å². The average Bonchev–Trinajstić information content (AvgIpc) is 2.93. The Bertz CT molecular complexity index is 822. The van der Waals surface area contributed by atoms with E-state index in [0.29, 0.717) is 28.7 Å². The third kappa shape index (κ3) is 3.46. The molecule has 2 atom stereocenters. The zero-order valence-electron chi connectivity index (χ0n) is 12.9. The van der Waals surface area contributed by atoms with Crippen LogP contribution < -0.4 is 5.32 Å². The number of nitrogens with zero attached hydrogens (tertiary/aromatic N) is 3. The van der Waals surface area contributed by atoms with E-state index in [1.807, 2.05) is 13.0 Å². The van der Waals surface area contributed by atoms with Crippen molar-refractivity contribution in [2.75, 3.05) is 5.32 Å². The molecule has 3 rings (SSSR count). The first kappa shape index (κ1) is 18.0. The lowest BCUT2D eigenvalue weighted by atomic mass is 9.86. The van der Waals surface area contributed by atoms with Gasteiger partial charge in [-0.05, 0) is 25.0 Å². The Hall–Kier alpha value is -1.80. The lowest BCUT2D eigenvalue weighted by molar-refractivity contribution is -0.167. The van der Waals surface area contributed by atoms with E-state index in [-0.39, 0.29) is 17.9 Å². The highest BCUT2D eigenvalue weighted by Gasteiger charge is 2.40. The van der Waals surface area contributed by atoms with Gasteiger partial charge in [0.05, 0.1) is 16.1 Å². The number of hydrogen-bond donors (Lipinski definition) is 1. The first-order chi connectivity index (χ1) is 11.7. The molecule has 0 aliphatic carbocycles. The van der Waals surface area contributed by atoms with Crippen LogP contribution in [-0.4, -0.2) is 26.8 Å². The predicted molar refractivity (Wildman–Crippen MR) is 86.9 cm³/mol. The zero-order valence-corrected chi connectivity index (χ0v) is 14.5. The van der Waals surface area contributed by atoms with Gasteiger partial charge in [-0.15, -0.1) is 5.10 Å². The van der Waals surface area contributed by atoms with Gasteiger partial charge >= 0.3 is 12.1 Å². The number of aromatic nitrogens is 3. The van der Waals surface area contributed by atoms with Crippen molar-refractivity contribution in [1.29, 1.82) is 0 Å². The number of benzene rings is 1. The minimum Gasteiger partial charge on any atom is -0.285 e. The molecule has 134 valence electrons. The summed E-state index contributed by atoms with van der Waals surface area (Å²) in [6.45, 7) is 1.87. The molecule has 1 aromatic carbocycles. The number of rotatable bonds is 2. The molecule has 0 saturated carbocycles. The van der Waals surface area contributed by atoms with Crippen molar-refractivity contribution in [3.63, 3.8) is 0 Å². The molecule has 0 bridgehead atoms. The van der Waals surface area contributed by atoms with E-state index in [2.05, 4.69) is 10.1 Å². The molecule has 0 radical (unpaired) electrons. The molecule has 2 unspecified atom stereocenters. The largest absolute Gasteiger partial charge is 0.471 e. The van der Waals surface area contributed by atoms with Gasteiger partial charge in [0.25, 0.3) is 0 Å². The highest BCUT2D eigenvalue weighted by atomic mass is 35.5. The molecule has 10 heteroatoms. The van der Waals surface area contributed by atoms with Crippen molar-refractivity contribution in [3.05, 3.63) is 39.6 Å². The van der Waals surface area contributed by atoms with E-state index >= 15 is 0 Å². The fraction of sp³-hybridized carbons (Fsp3) is 0.400. The molecule has 1 aliphatic heterocycles. The van der Waals surface area contributed by atoms with Crippen LogP contribution in [-0.2, 0) is 11.2 Å². The molecule has 1 aromatic heterocycles. The van der Waals surface area contributed by atoms with Crippen LogP contribution in [0.1, 0.15) is 36.7 Å². The first-order valence-corrected chi connectivity index (χ1v) is 8.21. The van der Waals surface area contributed by atoms with Crippen LogP contribution in [0.4, 0.5) is 19.1 Å². The maximum Gasteiger partial charge on any atom is 0.471 e. The molecule has 5 nitrogen and oxygen atoms in total. The second-order valence-corrected chi connectivity index (χ2v) is 6.56. The van der Waals surface area contributed by atoms with Gasteiger partial charge < -0.3 is 0 Å². The molecule has 0 saturated heterocycles. The van der Waals surface area contributed by atoms with Crippen LogP contribution >= 0.6 is 23.2 Å². The first-order valence-electron chi connectivity index (χ1n) is 7.46. The number of carbonyl (C=O) groups is 1. The Kier molecular flexibility index (Phi) is 4.68. The van der Waals surface area contributed by atoms with Crippen molar-refractivity contribution >= 4 is 35.1 Å².